The molecule has 0 aliphatic carbocycles. The van der Waals surface area contributed by atoms with E-state index in [-0.39, 0.29) is 11.5 Å². The minimum atomic E-state index is -3.84. The number of benzene rings is 3. The molecule has 0 amide bonds. The number of nitrogens with two attached hydrogens (primary N) is 1. The maximum Gasteiger partial charge on any atom is 0.238 e. The summed E-state index contributed by atoms with van der Waals surface area (Å²) in [7, 11) is -3.84. The van der Waals surface area contributed by atoms with Crippen LogP contribution in [0.3, 0.4) is 0 Å². The van der Waals surface area contributed by atoms with E-state index in [9.17, 15) is 17.9 Å². The second-order valence-corrected chi connectivity index (χ2v) is 11.1. The van der Waals surface area contributed by atoms with Crippen LogP contribution in [0.15, 0.2) is 88.5 Å². The van der Waals surface area contributed by atoms with Gasteiger partial charge in [0.05, 0.1) is 16.4 Å². The zero-order valence-corrected chi connectivity index (χ0v) is 22.2. The quantitative estimate of drug-likeness (QED) is 0.319. The van der Waals surface area contributed by atoms with Gasteiger partial charge in [-0.2, -0.15) is 0 Å². The predicted molar refractivity (Wildman–Crippen MR) is 145 cm³/mol. The molecule has 1 aromatic heterocycles. The Kier molecular flexibility index (Phi) is 8.00. The Balaban J connectivity index is 1.39. The van der Waals surface area contributed by atoms with E-state index in [2.05, 4.69) is 17.0 Å². The van der Waals surface area contributed by atoms with Crippen LogP contribution in [-0.2, 0) is 31.7 Å². The molecule has 1 fully saturated rings. The minimum Gasteiger partial charge on any atom is -0.443 e. The van der Waals surface area contributed by atoms with Crippen molar-refractivity contribution < 1.29 is 31.8 Å². The molecule has 3 aromatic carbocycles. The van der Waals surface area contributed by atoms with Gasteiger partial charge in [0.2, 0.25) is 10.0 Å². The Bertz CT molecular complexity index is 1640. The average molecular weight is 563 g/mol. The van der Waals surface area contributed by atoms with E-state index in [4.69, 9.17) is 19.0 Å². The molecular weight excluding hydrogens is 535 g/mol. The van der Waals surface area contributed by atoms with Gasteiger partial charge in [0, 0.05) is 31.6 Å². The fourth-order valence-electron chi connectivity index (χ4n) is 4.65. The van der Waals surface area contributed by atoms with Crippen LogP contribution in [0.5, 0.6) is 0 Å². The van der Waals surface area contributed by atoms with Crippen LogP contribution in [0, 0.1) is 17.8 Å². The first-order chi connectivity index (χ1) is 19.2. The summed E-state index contributed by atoms with van der Waals surface area (Å²) in [6, 6.07) is 19.8. The van der Waals surface area contributed by atoms with Gasteiger partial charge in [0.25, 0.3) is 0 Å². The third-order valence-corrected chi connectivity index (χ3v) is 7.70. The van der Waals surface area contributed by atoms with Gasteiger partial charge in [-0.1, -0.05) is 30.3 Å². The van der Waals surface area contributed by atoms with Gasteiger partial charge in [-0.15, -0.1) is 0 Å². The SMILES string of the molecule is NS(=O)(=O)c1ccc(-c2ocnc2C(C#COCc2cc(F)cc(C3(O)CCOCC3)c2)c2ccccc2)cc1. The topological polar surface area (TPSA) is 125 Å². The summed E-state index contributed by atoms with van der Waals surface area (Å²) in [6.45, 7) is 0.823. The Morgan fingerprint density at radius 2 is 1.80 bits per heavy atom. The van der Waals surface area contributed by atoms with E-state index in [1.165, 1.54) is 30.7 Å². The van der Waals surface area contributed by atoms with Gasteiger partial charge in [-0.25, -0.2) is 22.9 Å². The zero-order chi connectivity index (χ0) is 28.2. The highest BCUT2D eigenvalue weighted by molar-refractivity contribution is 7.89. The lowest BCUT2D eigenvalue weighted by Gasteiger charge is -2.32. The number of ether oxygens (including phenoxy) is 2. The van der Waals surface area contributed by atoms with Gasteiger partial charge in [-0.3, -0.25) is 0 Å². The van der Waals surface area contributed by atoms with Crippen molar-refractivity contribution in [2.45, 2.75) is 35.9 Å². The highest BCUT2D eigenvalue weighted by Crippen LogP contribution is 2.34. The third-order valence-electron chi connectivity index (χ3n) is 6.78. The van der Waals surface area contributed by atoms with Gasteiger partial charge in [0.1, 0.15) is 24.2 Å². The largest absolute Gasteiger partial charge is 0.443 e. The molecule has 8 nitrogen and oxygen atoms in total. The van der Waals surface area contributed by atoms with Crippen LogP contribution in [0.1, 0.15) is 41.1 Å². The standard InChI is InChI=1S/C30H27FN2O6S/c31-25-17-21(16-24(18-25)30(34)11-14-37-15-12-30)19-38-13-10-27(22-4-2-1-3-5-22)28-29(39-20-33-28)23-6-8-26(9-7-23)40(32,35)36/h1-9,16-18,20,27,34H,11-12,14-15,19H2,(H2,32,35,36). The molecule has 1 saturated heterocycles. The third kappa shape index (κ3) is 6.24. The molecule has 2 heterocycles. The van der Waals surface area contributed by atoms with Crippen LogP contribution < -0.4 is 5.14 Å². The molecule has 0 spiro atoms. The van der Waals surface area contributed by atoms with E-state index in [1.54, 1.807) is 18.2 Å². The predicted octanol–water partition coefficient (Wildman–Crippen LogP) is 4.44. The summed E-state index contributed by atoms with van der Waals surface area (Å²) in [5, 5.41) is 16.2. The summed E-state index contributed by atoms with van der Waals surface area (Å²) in [4.78, 5) is 4.39. The van der Waals surface area contributed by atoms with Crippen molar-refractivity contribution in [1.82, 2.24) is 4.98 Å². The van der Waals surface area contributed by atoms with E-state index in [0.717, 1.165) is 5.56 Å². The lowest BCUT2D eigenvalue weighted by molar-refractivity contribution is -0.0681. The highest BCUT2D eigenvalue weighted by atomic mass is 32.2. The summed E-state index contributed by atoms with van der Waals surface area (Å²) < 4.78 is 54.3. The molecule has 1 unspecified atom stereocenters. The van der Waals surface area contributed by atoms with Crippen LogP contribution in [0.2, 0.25) is 0 Å². The molecule has 206 valence electrons. The molecule has 10 heteroatoms. The van der Waals surface area contributed by atoms with E-state index in [0.29, 0.717) is 54.2 Å². The van der Waals surface area contributed by atoms with Crippen LogP contribution >= 0.6 is 0 Å². The molecule has 0 radical (unpaired) electrons. The second kappa shape index (κ2) is 11.6. The minimum absolute atomic E-state index is 0.00650. The fourth-order valence-corrected chi connectivity index (χ4v) is 5.16. The first-order valence-corrected chi connectivity index (χ1v) is 14.1. The number of hydrogen-bond donors (Lipinski definition) is 2. The van der Waals surface area contributed by atoms with Crippen molar-refractivity contribution in [2.24, 2.45) is 5.14 Å². The highest BCUT2D eigenvalue weighted by Gasteiger charge is 2.32. The molecule has 0 saturated carbocycles. The van der Waals surface area contributed by atoms with Crippen LogP contribution in [0.25, 0.3) is 11.3 Å². The van der Waals surface area contributed by atoms with Gasteiger partial charge >= 0.3 is 0 Å². The summed E-state index contributed by atoms with van der Waals surface area (Å²) in [6.07, 6.45) is 4.80. The van der Waals surface area contributed by atoms with Crippen LogP contribution in [-0.4, -0.2) is 31.7 Å². The zero-order valence-electron chi connectivity index (χ0n) is 21.4. The first-order valence-electron chi connectivity index (χ1n) is 12.6. The molecular formula is C30H27FN2O6S. The molecule has 1 aliphatic heterocycles. The van der Waals surface area contributed by atoms with E-state index < -0.39 is 27.4 Å². The Morgan fingerprint density at radius 1 is 1.07 bits per heavy atom. The summed E-state index contributed by atoms with van der Waals surface area (Å²) in [5.74, 6) is 2.50. The number of rotatable bonds is 7. The molecule has 0 bridgehead atoms. The molecule has 1 aliphatic rings. The second-order valence-electron chi connectivity index (χ2n) is 9.51. The lowest BCUT2D eigenvalue weighted by Crippen LogP contribution is -2.33. The Hall–Kier alpha value is -4.01. The van der Waals surface area contributed by atoms with Crippen molar-refractivity contribution in [2.75, 3.05) is 13.2 Å². The van der Waals surface area contributed by atoms with E-state index in [1.807, 2.05) is 30.3 Å². The molecule has 1 atom stereocenters. The number of oxazole rings is 1. The molecule has 4 aromatic rings. The number of sulfonamides is 1. The van der Waals surface area contributed by atoms with Crippen molar-refractivity contribution in [3.63, 3.8) is 0 Å². The van der Waals surface area contributed by atoms with Crippen molar-refractivity contribution in [1.29, 1.82) is 0 Å². The number of primary sulfonamides is 1. The van der Waals surface area contributed by atoms with Gasteiger partial charge in [-0.05, 0) is 65.1 Å². The number of nitrogens with zero attached hydrogens (tertiary/aromatic N) is 1. The van der Waals surface area contributed by atoms with Crippen LogP contribution in [0.4, 0.5) is 4.39 Å². The van der Waals surface area contributed by atoms with Crippen molar-refractivity contribution >= 4 is 10.0 Å². The smallest absolute Gasteiger partial charge is 0.238 e. The van der Waals surface area contributed by atoms with E-state index >= 15 is 0 Å². The normalized spacial score (nSPS) is 15.6. The number of hydrogen-bond acceptors (Lipinski definition) is 7. The first kappa shape index (κ1) is 27.6. The molecule has 40 heavy (non-hydrogen) atoms. The number of halogens is 1. The lowest BCUT2D eigenvalue weighted by atomic mass is 9.85. The maximum absolute atomic E-state index is 14.4. The fraction of sp³-hybridized carbons (Fsp3) is 0.233. The van der Waals surface area contributed by atoms with Gasteiger partial charge < -0.3 is 19.0 Å². The van der Waals surface area contributed by atoms with Crippen molar-refractivity contribution in [3.05, 3.63) is 107 Å². The number of aliphatic hydroxyl groups is 1. The van der Waals surface area contributed by atoms with Crippen molar-refractivity contribution in [3.8, 4) is 23.4 Å². The molecule has 3 N–H and O–H groups in total. The Morgan fingerprint density at radius 3 is 2.50 bits per heavy atom. The summed E-state index contributed by atoms with van der Waals surface area (Å²) >= 11 is 0. The summed E-state index contributed by atoms with van der Waals surface area (Å²) in [5.41, 5.74) is 1.84. The average Bonchev–Trinajstić information content (AvgIpc) is 3.43. The van der Waals surface area contributed by atoms with Gasteiger partial charge in [0.15, 0.2) is 12.2 Å². The molecule has 5 rings (SSSR count). The number of aromatic nitrogens is 1. The monoisotopic (exact) mass is 562 g/mol. The Labute approximate surface area is 231 Å². The maximum atomic E-state index is 14.4.